The van der Waals surface area contributed by atoms with Crippen LogP contribution >= 0.6 is 0 Å². The van der Waals surface area contributed by atoms with E-state index in [1.807, 2.05) is 29.7 Å². The zero-order valence-electron chi connectivity index (χ0n) is 20.7. The van der Waals surface area contributed by atoms with Gasteiger partial charge >= 0.3 is 6.09 Å². The first-order valence-corrected chi connectivity index (χ1v) is 14.0. The van der Waals surface area contributed by atoms with Crippen molar-refractivity contribution >= 4 is 21.9 Å². The first kappa shape index (κ1) is 25.4. The minimum atomic E-state index is -3.34. The molecule has 1 aromatic heterocycles. The van der Waals surface area contributed by atoms with Gasteiger partial charge in [-0.2, -0.15) is 0 Å². The molecule has 2 aliphatic heterocycles. The molecule has 1 aromatic carbocycles. The number of likely N-dealkylation sites (tertiary alicyclic amines) is 1. The summed E-state index contributed by atoms with van der Waals surface area (Å²) < 4.78 is 30.0. The Morgan fingerprint density at radius 3 is 2.20 bits per heavy atom. The molecule has 2 aliphatic rings. The van der Waals surface area contributed by atoms with Gasteiger partial charge in [0.1, 0.15) is 11.0 Å². The number of hydrogen-bond donors (Lipinski definition) is 0. The van der Waals surface area contributed by atoms with Gasteiger partial charge in [-0.15, -0.1) is 0 Å². The van der Waals surface area contributed by atoms with Crippen LogP contribution < -0.4 is 4.90 Å². The average molecular weight is 502 g/mol. The zero-order valence-corrected chi connectivity index (χ0v) is 21.5. The third-order valence-corrected chi connectivity index (χ3v) is 8.51. The number of rotatable bonds is 6. The SMILES string of the molecule is CCS(=O)(=O)c1cnc(N2C[C@@H](C)N(C(=O)OC3CCN(Cc4ccccc4)CC3)[C@@H](C)C2)nc1. The molecule has 0 radical (unpaired) electrons. The van der Waals surface area contributed by atoms with Crippen LogP contribution in [-0.2, 0) is 21.1 Å². The van der Waals surface area contributed by atoms with Crippen LogP contribution in [0, 0.1) is 0 Å². The van der Waals surface area contributed by atoms with Crippen LogP contribution in [0.15, 0.2) is 47.6 Å². The third kappa shape index (κ3) is 6.10. The Bertz CT molecular complexity index is 1080. The minimum absolute atomic E-state index is 0.0105. The molecule has 4 rings (SSSR count). The molecule has 9 nitrogen and oxygen atoms in total. The highest BCUT2D eigenvalue weighted by Gasteiger charge is 2.36. The lowest BCUT2D eigenvalue weighted by molar-refractivity contribution is 0.00995. The minimum Gasteiger partial charge on any atom is -0.446 e. The number of aromatic nitrogens is 2. The Morgan fingerprint density at radius 1 is 1.03 bits per heavy atom. The Labute approximate surface area is 208 Å². The molecule has 190 valence electrons. The molecule has 2 atom stereocenters. The van der Waals surface area contributed by atoms with E-state index < -0.39 is 9.84 Å². The van der Waals surface area contributed by atoms with Crippen molar-refractivity contribution in [3.8, 4) is 0 Å². The molecule has 10 heteroatoms. The molecule has 0 aliphatic carbocycles. The number of benzene rings is 1. The molecule has 2 saturated heterocycles. The fourth-order valence-electron chi connectivity index (χ4n) is 4.88. The first-order valence-electron chi connectivity index (χ1n) is 12.3. The molecule has 0 bridgehead atoms. The van der Waals surface area contributed by atoms with E-state index in [2.05, 4.69) is 39.1 Å². The number of amides is 1. The number of sulfone groups is 1. The maximum Gasteiger partial charge on any atom is 0.410 e. The van der Waals surface area contributed by atoms with Crippen molar-refractivity contribution in [1.29, 1.82) is 0 Å². The van der Waals surface area contributed by atoms with Crippen molar-refractivity contribution in [2.24, 2.45) is 0 Å². The summed E-state index contributed by atoms with van der Waals surface area (Å²) in [5, 5.41) is 0. The average Bonchev–Trinajstić information content (AvgIpc) is 2.85. The van der Waals surface area contributed by atoms with Crippen molar-refractivity contribution in [3.05, 3.63) is 48.3 Å². The summed E-state index contributed by atoms with van der Waals surface area (Å²) in [7, 11) is -3.34. The van der Waals surface area contributed by atoms with Crippen molar-refractivity contribution in [3.63, 3.8) is 0 Å². The van der Waals surface area contributed by atoms with E-state index in [1.165, 1.54) is 18.0 Å². The van der Waals surface area contributed by atoms with Gasteiger partial charge in [-0.05, 0) is 32.3 Å². The van der Waals surface area contributed by atoms with Gasteiger partial charge in [0, 0.05) is 32.7 Å². The van der Waals surface area contributed by atoms with E-state index in [1.54, 1.807) is 6.92 Å². The number of carbonyl (C=O) groups is 1. The molecule has 2 aromatic rings. The number of ether oxygens (including phenoxy) is 1. The molecular weight excluding hydrogens is 466 g/mol. The maximum atomic E-state index is 13.1. The highest BCUT2D eigenvalue weighted by Crippen LogP contribution is 2.23. The summed E-state index contributed by atoms with van der Waals surface area (Å²) in [5.74, 6) is 0.480. The van der Waals surface area contributed by atoms with Gasteiger partial charge in [0.05, 0.1) is 30.2 Å². The molecule has 2 fully saturated rings. The van der Waals surface area contributed by atoms with Gasteiger partial charge in [0.25, 0.3) is 0 Å². The fraction of sp³-hybridized carbons (Fsp3) is 0.560. The quantitative estimate of drug-likeness (QED) is 0.596. The largest absolute Gasteiger partial charge is 0.446 e. The Kier molecular flexibility index (Phi) is 7.91. The summed E-state index contributed by atoms with van der Waals surface area (Å²) in [4.78, 5) is 28.0. The van der Waals surface area contributed by atoms with Crippen molar-refractivity contribution in [2.75, 3.05) is 36.8 Å². The number of nitrogens with zero attached hydrogens (tertiary/aromatic N) is 5. The van der Waals surface area contributed by atoms with Crippen LogP contribution in [0.3, 0.4) is 0 Å². The normalized spacial score (nSPS) is 22.3. The van der Waals surface area contributed by atoms with Crippen LogP contribution in [0.25, 0.3) is 0 Å². The molecule has 3 heterocycles. The lowest BCUT2D eigenvalue weighted by atomic mass is 10.1. The van der Waals surface area contributed by atoms with Gasteiger partial charge in [-0.25, -0.2) is 23.2 Å². The number of piperazine rings is 1. The van der Waals surface area contributed by atoms with Crippen LogP contribution in [0.2, 0.25) is 0 Å². The van der Waals surface area contributed by atoms with E-state index in [0.717, 1.165) is 32.5 Å². The van der Waals surface area contributed by atoms with Gasteiger partial charge in [0.2, 0.25) is 5.95 Å². The molecular formula is C25H35N5O4S. The highest BCUT2D eigenvalue weighted by molar-refractivity contribution is 7.91. The van der Waals surface area contributed by atoms with Gasteiger partial charge in [-0.1, -0.05) is 37.3 Å². The van der Waals surface area contributed by atoms with Crippen LogP contribution in [0.5, 0.6) is 0 Å². The van der Waals surface area contributed by atoms with Crippen LogP contribution in [0.4, 0.5) is 10.7 Å². The predicted molar refractivity (Wildman–Crippen MR) is 134 cm³/mol. The topological polar surface area (TPSA) is 95.9 Å². The second-order valence-electron chi connectivity index (χ2n) is 9.48. The van der Waals surface area contributed by atoms with Crippen molar-refractivity contribution in [1.82, 2.24) is 19.8 Å². The zero-order chi connectivity index (χ0) is 25.0. The summed E-state index contributed by atoms with van der Waals surface area (Å²) >= 11 is 0. The Balaban J connectivity index is 1.29. The molecule has 35 heavy (non-hydrogen) atoms. The lowest BCUT2D eigenvalue weighted by Gasteiger charge is -2.44. The number of piperidine rings is 1. The van der Waals surface area contributed by atoms with Gasteiger partial charge < -0.3 is 9.64 Å². The second-order valence-corrected chi connectivity index (χ2v) is 11.8. The lowest BCUT2D eigenvalue weighted by Crippen LogP contribution is -2.59. The van der Waals surface area contributed by atoms with Gasteiger partial charge in [0.15, 0.2) is 9.84 Å². The molecule has 1 amide bonds. The summed E-state index contributed by atoms with van der Waals surface area (Å²) in [6.45, 7) is 9.41. The van der Waals surface area contributed by atoms with Crippen LogP contribution in [-0.4, -0.2) is 84.4 Å². The fourth-order valence-corrected chi connectivity index (χ4v) is 5.64. The smallest absolute Gasteiger partial charge is 0.410 e. The van der Waals surface area contributed by atoms with E-state index in [-0.39, 0.29) is 34.9 Å². The van der Waals surface area contributed by atoms with E-state index in [4.69, 9.17) is 4.74 Å². The number of carbonyl (C=O) groups excluding carboxylic acids is 1. The summed E-state index contributed by atoms with van der Waals surface area (Å²) in [6.07, 6.45) is 4.06. The molecule has 0 N–H and O–H groups in total. The molecule has 0 saturated carbocycles. The van der Waals surface area contributed by atoms with Gasteiger partial charge in [-0.3, -0.25) is 9.80 Å². The third-order valence-electron chi connectivity index (χ3n) is 6.82. The molecule has 0 spiro atoms. The first-order chi connectivity index (χ1) is 16.8. The van der Waals surface area contributed by atoms with E-state index in [0.29, 0.717) is 19.0 Å². The number of hydrogen-bond acceptors (Lipinski definition) is 8. The number of anilines is 1. The predicted octanol–water partition coefficient (Wildman–Crippen LogP) is 2.97. The Morgan fingerprint density at radius 2 is 1.63 bits per heavy atom. The maximum absolute atomic E-state index is 13.1. The molecule has 0 unspecified atom stereocenters. The standard InChI is InChI=1S/C25H35N5O4S/c1-4-35(32,33)23-14-26-24(27-15-23)29-16-19(2)30(20(3)17-29)25(31)34-22-10-12-28(13-11-22)18-21-8-6-5-7-9-21/h5-9,14-15,19-20,22H,4,10-13,16-18H2,1-3H3/t19-,20+. The Hall–Kier alpha value is -2.72. The van der Waals surface area contributed by atoms with Crippen molar-refractivity contribution < 1.29 is 17.9 Å². The second kappa shape index (κ2) is 10.9. The van der Waals surface area contributed by atoms with Crippen LogP contribution in [0.1, 0.15) is 39.2 Å². The van der Waals surface area contributed by atoms with E-state index in [9.17, 15) is 13.2 Å². The van der Waals surface area contributed by atoms with E-state index >= 15 is 0 Å². The highest BCUT2D eigenvalue weighted by atomic mass is 32.2. The van der Waals surface area contributed by atoms with Crippen molar-refractivity contribution in [2.45, 2.75) is 63.2 Å². The monoisotopic (exact) mass is 501 g/mol. The summed E-state index contributed by atoms with van der Waals surface area (Å²) in [5.41, 5.74) is 1.30. The summed E-state index contributed by atoms with van der Waals surface area (Å²) in [6, 6.07) is 10.2.